The van der Waals surface area contributed by atoms with Gasteiger partial charge in [-0.25, -0.2) is 10.9 Å². The maximum absolute atomic E-state index is 12.5. The number of hydrogen-bond acceptors (Lipinski definition) is 3. The minimum absolute atomic E-state index is 0.299. The van der Waals surface area contributed by atoms with E-state index in [4.69, 9.17) is 0 Å². The number of benzene rings is 1. The molecule has 0 saturated carbocycles. The van der Waals surface area contributed by atoms with Gasteiger partial charge in [0.1, 0.15) is 0 Å². The highest BCUT2D eigenvalue weighted by atomic mass is 16.2. The lowest BCUT2D eigenvalue weighted by Gasteiger charge is -2.23. The van der Waals surface area contributed by atoms with Gasteiger partial charge in [-0.15, -0.1) is 0 Å². The second-order valence-electron chi connectivity index (χ2n) is 5.28. The highest BCUT2D eigenvalue weighted by Crippen LogP contribution is 2.03. The van der Waals surface area contributed by atoms with Crippen LogP contribution in [0.1, 0.15) is 62.7 Å². The van der Waals surface area contributed by atoms with Crippen molar-refractivity contribution in [2.45, 2.75) is 52.4 Å². The first kappa shape index (κ1) is 18.7. The van der Waals surface area contributed by atoms with E-state index in [-0.39, 0.29) is 11.8 Å². The number of unbranched alkanes of at least 4 members (excludes halogenated alkanes) is 2. The van der Waals surface area contributed by atoms with Crippen LogP contribution in [-0.2, 0) is 9.59 Å². The Morgan fingerprint density at radius 1 is 0.870 bits per heavy atom. The quantitative estimate of drug-likeness (QED) is 0.758. The molecular formula is C17H25N3O3. The molecule has 6 nitrogen and oxygen atoms in total. The molecule has 0 bridgehead atoms. The van der Waals surface area contributed by atoms with Crippen LogP contribution in [0, 0.1) is 0 Å². The first-order valence-corrected chi connectivity index (χ1v) is 8.07. The molecule has 0 aliphatic rings. The lowest BCUT2D eigenvalue weighted by atomic mass is 10.2. The van der Waals surface area contributed by atoms with Crippen molar-refractivity contribution < 1.29 is 14.4 Å². The Labute approximate surface area is 137 Å². The van der Waals surface area contributed by atoms with Crippen molar-refractivity contribution >= 4 is 17.7 Å². The fraction of sp³-hybridized carbons (Fsp3) is 0.471. The predicted molar refractivity (Wildman–Crippen MR) is 87.9 cm³/mol. The van der Waals surface area contributed by atoms with Gasteiger partial charge in [0.25, 0.3) is 5.91 Å². The second kappa shape index (κ2) is 10.4. The molecule has 23 heavy (non-hydrogen) atoms. The van der Waals surface area contributed by atoms with Crippen LogP contribution in [-0.4, -0.2) is 22.8 Å². The van der Waals surface area contributed by atoms with Gasteiger partial charge in [0.05, 0.1) is 0 Å². The maximum atomic E-state index is 12.5. The van der Waals surface area contributed by atoms with Crippen LogP contribution >= 0.6 is 0 Å². The van der Waals surface area contributed by atoms with Crippen LogP contribution in [0.15, 0.2) is 30.3 Å². The molecule has 1 aromatic rings. The molecular weight excluding hydrogens is 294 g/mol. The number of carbonyl (C=O) groups is 3. The van der Waals surface area contributed by atoms with Gasteiger partial charge in [-0.2, -0.15) is 5.12 Å². The van der Waals surface area contributed by atoms with Gasteiger partial charge in [-0.05, 0) is 25.0 Å². The van der Waals surface area contributed by atoms with Crippen molar-refractivity contribution in [3.63, 3.8) is 0 Å². The monoisotopic (exact) mass is 319 g/mol. The number of hydrazine groups is 2. The lowest BCUT2D eigenvalue weighted by molar-refractivity contribution is -0.131. The molecule has 0 fully saturated rings. The zero-order valence-corrected chi connectivity index (χ0v) is 13.8. The third kappa shape index (κ3) is 6.95. The van der Waals surface area contributed by atoms with E-state index in [9.17, 15) is 14.4 Å². The highest BCUT2D eigenvalue weighted by Gasteiger charge is 2.20. The van der Waals surface area contributed by atoms with Crippen LogP contribution in [0.25, 0.3) is 0 Å². The minimum atomic E-state index is -0.472. The molecule has 6 heteroatoms. The Hall–Kier alpha value is -2.37. The van der Waals surface area contributed by atoms with Gasteiger partial charge >= 0.3 is 0 Å². The zero-order chi connectivity index (χ0) is 17.1. The summed E-state index contributed by atoms with van der Waals surface area (Å²) in [5.74, 6) is -1.07. The van der Waals surface area contributed by atoms with Crippen LogP contribution in [0.3, 0.4) is 0 Å². The molecule has 0 spiro atoms. The molecule has 126 valence electrons. The molecule has 0 saturated heterocycles. The van der Waals surface area contributed by atoms with Crippen molar-refractivity contribution in [1.82, 2.24) is 16.0 Å². The van der Waals surface area contributed by atoms with Crippen molar-refractivity contribution in [1.29, 1.82) is 0 Å². The summed E-state index contributed by atoms with van der Waals surface area (Å²) in [5.41, 5.74) is 5.33. The Kier molecular flexibility index (Phi) is 8.42. The molecule has 0 aliphatic heterocycles. The van der Waals surface area contributed by atoms with E-state index in [2.05, 4.69) is 10.9 Å². The van der Waals surface area contributed by atoms with E-state index >= 15 is 0 Å². The van der Waals surface area contributed by atoms with Gasteiger partial charge in [-0.1, -0.05) is 44.9 Å². The Balaban J connectivity index is 2.76. The molecule has 0 atom stereocenters. The number of carbonyl (C=O) groups excluding carboxylic acids is 3. The number of nitrogens with one attached hydrogen (secondary N) is 2. The van der Waals surface area contributed by atoms with Crippen LogP contribution in [0.4, 0.5) is 0 Å². The summed E-state index contributed by atoms with van der Waals surface area (Å²) in [6.07, 6.45) is 3.82. The van der Waals surface area contributed by atoms with E-state index in [1.807, 2.05) is 13.8 Å². The average molecular weight is 319 g/mol. The lowest BCUT2D eigenvalue weighted by Crippen LogP contribution is -2.56. The van der Waals surface area contributed by atoms with Crippen LogP contribution in [0.2, 0.25) is 0 Å². The van der Waals surface area contributed by atoms with Crippen molar-refractivity contribution in [2.75, 3.05) is 0 Å². The molecule has 3 amide bonds. The zero-order valence-electron chi connectivity index (χ0n) is 13.8. The average Bonchev–Trinajstić information content (AvgIpc) is 2.57. The van der Waals surface area contributed by atoms with Crippen LogP contribution in [0.5, 0.6) is 0 Å². The largest absolute Gasteiger partial charge is 0.291 e. The van der Waals surface area contributed by atoms with Crippen LogP contribution < -0.4 is 10.9 Å². The predicted octanol–water partition coefficient (Wildman–Crippen LogP) is 2.57. The standard InChI is InChI=1S/C17H25N3O3/c1-3-5-12-15(21)18-20(19-16(22)13-6-4-2)17(23)14-10-8-7-9-11-14/h7-11H,3-6,12-13H2,1-2H3,(H,18,21)(H,19,22). The first-order chi connectivity index (χ1) is 11.1. The Morgan fingerprint density at radius 2 is 1.35 bits per heavy atom. The summed E-state index contributed by atoms with van der Waals surface area (Å²) in [6, 6.07) is 8.50. The highest BCUT2D eigenvalue weighted by molar-refractivity contribution is 5.96. The van der Waals surface area contributed by atoms with Crippen molar-refractivity contribution in [2.24, 2.45) is 0 Å². The van der Waals surface area contributed by atoms with Gasteiger partial charge < -0.3 is 0 Å². The summed E-state index contributed by atoms with van der Waals surface area (Å²) in [4.78, 5) is 36.2. The third-order valence-corrected chi connectivity index (χ3v) is 3.21. The van der Waals surface area contributed by atoms with Gasteiger partial charge in [0, 0.05) is 18.4 Å². The maximum Gasteiger partial charge on any atom is 0.291 e. The van der Waals surface area contributed by atoms with Gasteiger partial charge in [-0.3, -0.25) is 14.4 Å². The number of amides is 3. The molecule has 0 aromatic heterocycles. The summed E-state index contributed by atoms with van der Waals surface area (Å²) < 4.78 is 0. The van der Waals surface area contributed by atoms with Crippen molar-refractivity contribution in [3.8, 4) is 0 Å². The fourth-order valence-electron chi connectivity index (χ4n) is 1.88. The molecule has 0 aliphatic carbocycles. The SMILES string of the molecule is CCCCC(=O)NN(NC(=O)CCCC)C(=O)c1ccccc1. The molecule has 1 aromatic carbocycles. The van der Waals surface area contributed by atoms with E-state index in [1.54, 1.807) is 30.3 Å². The van der Waals surface area contributed by atoms with Gasteiger partial charge in [0.2, 0.25) is 11.8 Å². The van der Waals surface area contributed by atoms with E-state index in [1.165, 1.54) is 0 Å². The summed E-state index contributed by atoms with van der Waals surface area (Å²) in [6.45, 7) is 3.96. The molecule has 1 rings (SSSR count). The van der Waals surface area contributed by atoms with E-state index in [0.717, 1.165) is 30.8 Å². The number of rotatable bonds is 7. The summed E-state index contributed by atoms with van der Waals surface area (Å²) in [7, 11) is 0. The molecule has 0 unspecified atom stereocenters. The molecule has 0 radical (unpaired) electrons. The number of hydrogen-bond donors (Lipinski definition) is 2. The normalized spacial score (nSPS) is 10.0. The topological polar surface area (TPSA) is 78.5 Å². The Bertz CT molecular complexity index is 495. The minimum Gasteiger partial charge on any atom is -0.273 e. The van der Waals surface area contributed by atoms with E-state index in [0.29, 0.717) is 18.4 Å². The third-order valence-electron chi connectivity index (χ3n) is 3.21. The number of nitrogens with zero attached hydrogens (tertiary/aromatic N) is 1. The summed E-state index contributed by atoms with van der Waals surface area (Å²) in [5, 5.41) is 0.894. The first-order valence-electron chi connectivity index (χ1n) is 8.07. The Morgan fingerprint density at radius 3 is 1.78 bits per heavy atom. The fourth-order valence-corrected chi connectivity index (χ4v) is 1.88. The van der Waals surface area contributed by atoms with E-state index < -0.39 is 5.91 Å². The molecule has 2 N–H and O–H groups in total. The molecule has 0 heterocycles. The summed E-state index contributed by atoms with van der Waals surface area (Å²) >= 11 is 0. The smallest absolute Gasteiger partial charge is 0.273 e. The van der Waals surface area contributed by atoms with Gasteiger partial charge in [0.15, 0.2) is 0 Å². The van der Waals surface area contributed by atoms with Crippen molar-refractivity contribution in [3.05, 3.63) is 35.9 Å². The second-order valence-corrected chi connectivity index (χ2v) is 5.28.